The number of fused-ring (bicyclic) bond motifs is 4. The molecule has 0 spiro atoms. The van der Waals surface area contributed by atoms with Crippen LogP contribution in [0.4, 0.5) is 22.7 Å². The molecule has 0 fully saturated rings. The molecule has 5 heteroatoms. The van der Waals surface area contributed by atoms with Crippen LogP contribution in [-0.2, 0) is 16.2 Å². The van der Waals surface area contributed by atoms with E-state index in [-0.39, 0.29) is 16.2 Å². The molecule has 0 saturated carbocycles. The number of nitrogens with zero attached hydrogens (tertiary/aromatic N) is 4. The Hall–Kier alpha value is -7.11. The Labute approximate surface area is 378 Å². The molecule has 318 valence electrons. The Morgan fingerprint density at radius 2 is 1.09 bits per heavy atom. The molecule has 9 aromatic rings. The Balaban J connectivity index is 1.03. The number of anilines is 4. The summed E-state index contributed by atoms with van der Waals surface area (Å²) >= 11 is 0. The van der Waals surface area contributed by atoms with Gasteiger partial charge in [0.15, 0.2) is 0 Å². The molecule has 0 bridgehead atoms. The fourth-order valence-corrected chi connectivity index (χ4v) is 9.23. The first-order chi connectivity index (χ1) is 30.7. The average molecular weight is 837 g/mol. The summed E-state index contributed by atoms with van der Waals surface area (Å²) in [6.45, 7) is 18.9. The van der Waals surface area contributed by atoms with E-state index in [1.54, 1.807) is 0 Å². The summed E-state index contributed by atoms with van der Waals surface area (Å²) in [5.74, 6) is 2.43. The highest BCUT2D eigenvalue weighted by Gasteiger charge is 2.32. The van der Waals surface area contributed by atoms with E-state index in [0.717, 1.165) is 39.4 Å². The minimum atomic E-state index is -0.156. The molecular weight excluding hydrogens is 781 g/mol. The second-order valence-electron chi connectivity index (χ2n) is 19.9. The molecule has 1 aliphatic heterocycles. The topological polar surface area (TPSA) is 33.5 Å². The molecule has 2 aromatic heterocycles. The third kappa shape index (κ3) is 7.49. The van der Waals surface area contributed by atoms with Gasteiger partial charge in [-0.1, -0.05) is 146 Å². The first-order valence-electron chi connectivity index (χ1n) is 22.5. The lowest BCUT2D eigenvalue weighted by molar-refractivity contribution is 0.483. The van der Waals surface area contributed by atoms with Crippen LogP contribution in [0.3, 0.4) is 0 Å². The van der Waals surface area contributed by atoms with Crippen LogP contribution in [-0.4, -0.2) is 16.2 Å². The second-order valence-corrected chi connectivity index (χ2v) is 19.9. The fraction of sp³-hybridized carbons (Fsp3) is 0.203. The number of rotatable bonds is 8. The molecule has 0 unspecified atom stereocenters. The van der Waals surface area contributed by atoms with Gasteiger partial charge in [0, 0.05) is 45.9 Å². The van der Waals surface area contributed by atoms with Crippen LogP contribution in [0.2, 0.25) is 0 Å². The normalized spacial score (nSPS) is 13.2. The van der Waals surface area contributed by atoms with Crippen LogP contribution in [0.5, 0.6) is 11.5 Å². The van der Waals surface area contributed by atoms with Crippen molar-refractivity contribution in [1.82, 2.24) is 9.55 Å². The van der Waals surface area contributed by atoms with Gasteiger partial charge in [-0.15, -0.1) is 0 Å². The molecule has 0 atom stereocenters. The minimum Gasteiger partial charge on any atom is -0.457 e. The van der Waals surface area contributed by atoms with Gasteiger partial charge < -0.3 is 14.5 Å². The molecule has 0 radical (unpaired) electrons. The predicted molar refractivity (Wildman–Crippen MR) is 269 cm³/mol. The van der Waals surface area contributed by atoms with E-state index in [1.165, 1.54) is 55.8 Å². The van der Waals surface area contributed by atoms with E-state index in [9.17, 15) is 0 Å². The van der Waals surface area contributed by atoms with Crippen molar-refractivity contribution in [3.8, 4) is 28.4 Å². The summed E-state index contributed by atoms with van der Waals surface area (Å²) in [5, 5.41) is 2.32. The van der Waals surface area contributed by atoms with Gasteiger partial charge in [0.2, 0.25) is 0 Å². The highest BCUT2D eigenvalue weighted by atomic mass is 16.5. The van der Waals surface area contributed by atoms with Crippen molar-refractivity contribution in [2.45, 2.75) is 71.6 Å². The Bertz CT molecular complexity index is 3170. The van der Waals surface area contributed by atoms with Crippen LogP contribution in [0.1, 0.15) is 77.6 Å². The van der Waals surface area contributed by atoms with Gasteiger partial charge in [-0.3, -0.25) is 4.57 Å². The molecule has 3 heterocycles. The van der Waals surface area contributed by atoms with E-state index in [2.05, 4.69) is 246 Å². The lowest BCUT2D eigenvalue weighted by atomic mass is 9.78. The molecule has 64 heavy (non-hydrogen) atoms. The van der Waals surface area contributed by atoms with Crippen molar-refractivity contribution in [2.75, 3.05) is 16.5 Å². The third-order valence-corrected chi connectivity index (χ3v) is 13.1. The standard InChI is InChI=1S/C59H56N4O/c1-57(2,3)43-26-30-53-55(35-43)62(39-61(53)46-22-15-21-45(34-46)59(7,8)42-19-13-10-14-20-42)47-23-16-24-48(37-47)64-49-27-28-50-51-33-41(40-17-11-9-12-18-40)25-29-52(51)63(54(50)38-49)56-36-44(31-32-60-56)58(4,5)6/h9-38H,39H2,1-8H3. The van der Waals surface area contributed by atoms with Gasteiger partial charge >= 0.3 is 0 Å². The van der Waals surface area contributed by atoms with Crippen molar-refractivity contribution in [1.29, 1.82) is 0 Å². The van der Waals surface area contributed by atoms with Gasteiger partial charge in [-0.05, 0) is 117 Å². The number of hydrogen-bond donors (Lipinski definition) is 0. The molecule has 0 N–H and O–H groups in total. The van der Waals surface area contributed by atoms with Gasteiger partial charge in [0.05, 0.1) is 22.4 Å². The fourth-order valence-electron chi connectivity index (χ4n) is 9.23. The van der Waals surface area contributed by atoms with E-state index in [0.29, 0.717) is 6.67 Å². The van der Waals surface area contributed by atoms with E-state index in [4.69, 9.17) is 9.72 Å². The van der Waals surface area contributed by atoms with E-state index in [1.807, 2.05) is 6.20 Å². The largest absolute Gasteiger partial charge is 0.457 e. The van der Waals surface area contributed by atoms with Gasteiger partial charge in [0.1, 0.15) is 24.0 Å². The Kier molecular flexibility index (Phi) is 9.98. The molecule has 0 saturated heterocycles. The summed E-state index contributed by atoms with van der Waals surface area (Å²) in [6.07, 6.45) is 1.93. The molecule has 10 rings (SSSR count). The average Bonchev–Trinajstić information content (AvgIpc) is 3.84. The zero-order valence-corrected chi connectivity index (χ0v) is 38.2. The lowest BCUT2D eigenvalue weighted by Gasteiger charge is -2.28. The zero-order chi connectivity index (χ0) is 44.4. The zero-order valence-electron chi connectivity index (χ0n) is 38.2. The third-order valence-electron chi connectivity index (χ3n) is 13.1. The van der Waals surface area contributed by atoms with Crippen molar-refractivity contribution >= 4 is 44.6 Å². The summed E-state index contributed by atoms with van der Waals surface area (Å²) in [5.41, 5.74) is 14.1. The number of hydrogen-bond acceptors (Lipinski definition) is 4. The Morgan fingerprint density at radius 3 is 1.84 bits per heavy atom. The van der Waals surface area contributed by atoms with Crippen LogP contribution in [0.15, 0.2) is 182 Å². The molecule has 5 nitrogen and oxygen atoms in total. The highest BCUT2D eigenvalue weighted by molar-refractivity contribution is 6.10. The van der Waals surface area contributed by atoms with Crippen molar-refractivity contribution < 1.29 is 4.74 Å². The minimum absolute atomic E-state index is 0.00743. The quantitative estimate of drug-likeness (QED) is 0.153. The van der Waals surface area contributed by atoms with Crippen LogP contribution in [0, 0.1) is 0 Å². The number of pyridine rings is 1. The summed E-state index contributed by atoms with van der Waals surface area (Å²) in [7, 11) is 0. The summed E-state index contributed by atoms with van der Waals surface area (Å²) in [6, 6.07) is 63.5. The maximum absolute atomic E-state index is 6.84. The van der Waals surface area contributed by atoms with Crippen molar-refractivity contribution in [3.05, 3.63) is 204 Å². The van der Waals surface area contributed by atoms with Crippen LogP contribution in [0.25, 0.3) is 38.8 Å². The van der Waals surface area contributed by atoms with Gasteiger partial charge in [-0.25, -0.2) is 4.98 Å². The second kappa shape index (κ2) is 15.6. The van der Waals surface area contributed by atoms with Gasteiger partial charge in [0.25, 0.3) is 0 Å². The molecule has 7 aromatic carbocycles. The Morgan fingerprint density at radius 1 is 0.438 bits per heavy atom. The summed E-state index contributed by atoms with van der Waals surface area (Å²) in [4.78, 5) is 9.82. The SMILES string of the molecule is CC(C)(C)c1ccnc(-n2c3ccc(-c4ccccc4)cc3c3ccc(Oc4cccc(N5CN(c6cccc(C(C)(C)c7ccccc7)c6)c6ccc(C(C)(C)C)cc65)c4)cc32)c1. The van der Waals surface area contributed by atoms with Crippen molar-refractivity contribution in [2.24, 2.45) is 0 Å². The lowest BCUT2D eigenvalue weighted by Crippen LogP contribution is -2.25. The monoisotopic (exact) mass is 836 g/mol. The van der Waals surface area contributed by atoms with Gasteiger partial charge in [-0.2, -0.15) is 0 Å². The number of aromatic nitrogens is 2. The maximum atomic E-state index is 6.84. The molecular formula is C59H56N4O. The van der Waals surface area contributed by atoms with Crippen molar-refractivity contribution in [3.63, 3.8) is 0 Å². The summed E-state index contributed by atoms with van der Waals surface area (Å²) < 4.78 is 9.13. The van der Waals surface area contributed by atoms with Crippen LogP contribution >= 0.6 is 0 Å². The molecule has 0 amide bonds. The first kappa shape index (κ1) is 40.9. The van der Waals surface area contributed by atoms with E-state index < -0.39 is 0 Å². The number of benzene rings is 7. The first-order valence-corrected chi connectivity index (χ1v) is 22.5. The highest BCUT2D eigenvalue weighted by Crippen LogP contribution is 2.48. The van der Waals surface area contributed by atoms with Crippen LogP contribution < -0.4 is 14.5 Å². The molecule has 0 aliphatic carbocycles. The number of ether oxygens (including phenoxy) is 1. The smallest absolute Gasteiger partial charge is 0.137 e. The molecule has 1 aliphatic rings. The van der Waals surface area contributed by atoms with E-state index >= 15 is 0 Å². The maximum Gasteiger partial charge on any atom is 0.137 e. The predicted octanol–water partition coefficient (Wildman–Crippen LogP) is 15.8.